The van der Waals surface area contributed by atoms with Gasteiger partial charge in [-0.25, -0.2) is 4.39 Å². The second-order valence-electron chi connectivity index (χ2n) is 5.46. The molecule has 1 N–H and O–H groups in total. The van der Waals surface area contributed by atoms with Crippen LogP contribution < -0.4 is 5.32 Å². The maximum atomic E-state index is 13.1. The number of carbonyl (C=O) groups is 1. The zero-order valence-corrected chi connectivity index (χ0v) is 12.3. The van der Waals surface area contributed by atoms with Crippen LogP contribution in [0.5, 0.6) is 0 Å². The van der Waals surface area contributed by atoms with Crippen molar-refractivity contribution < 1.29 is 13.9 Å². The van der Waals surface area contributed by atoms with Gasteiger partial charge in [-0.1, -0.05) is 12.1 Å². The van der Waals surface area contributed by atoms with Crippen LogP contribution in [0.15, 0.2) is 36.7 Å². The van der Waals surface area contributed by atoms with E-state index in [2.05, 4.69) is 10.4 Å². The maximum Gasteiger partial charge on any atom is 0.255 e. The molecule has 1 saturated heterocycles. The summed E-state index contributed by atoms with van der Waals surface area (Å²) in [5.74, 6) is -0.508. The molecule has 0 bridgehead atoms. The molecule has 6 heteroatoms. The van der Waals surface area contributed by atoms with Crippen LogP contribution >= 0.6 is 0 Å². The SMILES string of the molecule is Cn1cc(C(=O)N[C@H](c2ccc(F)cc2)[C@@H]2CCCO2)cn1. The van der Waals surface area contributed by atoms with Gasteiger partial charge >= 0.3 is 0 Å². The van der Waals surface area contributed by atoms with Crippen molar-refractivity contribution in [2.45, 2.75) is 25.0 Å². The normalized spacial score (nSPS) is 19.1. The van der Waals surface area contributed by atoms with E-state index < -0.39 is 0 Å². The van der Waals surface area contributed by atoms with Gasteiger partial charge in [0.2, 0.25) is 0 Å². The zero-order valence-electron chi connectivity index (χ0n) is 12.3. The summed E-state index contributed by atoms with van der Waals surface area (Å²) >= 11 is 0. The van der Waals surface area contributed by atoms with Gasteiger partial charge < -0.3 is 10.1 Å². The van der Waals surface area contributed by atoms with E-state index in [1.807, 2.05) is 0 Å². The van der Waals surface area contributed by atoms with E-state index in [-0.39, 0.29) is 23.9 Å². The van der Waals surface area contributed by atoms with Crippen molar-refractivity contribution in [3.05, 3.63) is 53.6 Å². The summed E-state index contributed by atoms with van der Waals surface area (Å²) in [6.45, 7) is 0.686. The lowest BCUT2D eigenvalue weighted by Gasteiger charge is -2.24. The molecule has 116 valence electrons. The number of nitrogens with zero attached hydrogens (tertiary/aromatic N) is 2. The van der Waals surface area contributed by atoms with Gasteiger partial charge in [-0.2, -0.15) is 5.10 Å². The molecule has 2 heterocycles. The quantitative estimate of drug-likeness (QED) is 0.942. The van der Waals surface area contributed by atoms with Crippen LogP contribution in [0, 0.1) is 5.82 Å². The molecular formula is C16H18FN3O2. The minimum absolute atomic E-state index is 0.0916. The fraction of sp³-hybridized carbons (Fsp3) is 0.375. The van der Waals surface area contributed by atoms with Gasteiger partial charge in [0.05, 0.1) is 23.9 Å². The second kappa shape index (κ2) is 6.27. The third-order valence-corrected chi connectivity index (χ3v) is 3.82. The van der Waals surface area contributed by atoms with Crippen LogP contribution in [0.2, 0.25) is 0 Å². The number of aryl methyl sites for hydroxylation is 1. The van der Waals surface area contributed by atoms with Crippen LogP contribution in [0.4, 0.5) is 4.39 Å². The third kappa shape index (κ3) is 3.17. The van der Waals surface area contributed by atoms with Gasteiger partial charge in [0.15, 0.2) is 0 Å². The molecular weight excluding hydrogens is 285 g/mol. The smallest absolute Gasteiger partial charge is 0.255 e. The number of amides is 1. The summed E-state index contributed by atoms with van der Waals surface area (Å²) in [6.07, 6.45) is 4.92. The molecule has 0 saturated carbocycles. The standard InChI is InChI=1S/C16H18FN3O2/c1-20-10-12(9-18-20)16(21)19-15(14-3-2-8-22-14)11-4-6-13(17)7-5-11/h4-7,9-10,14-15H,2-3,8H2,1H3,(H,19,21)/t14-,15+/m0/s1. The van der Waals surface area contributed by atoms with Gasteiger partial charge in [-0.15, -0.1) is 0 Å². The Bertz CT molecular complexity index is 648. The lowest BCUT2D eigenvalue weighted by Crippen LogP contribution is -2.36. The van der Waals surface area contributed by atoms with Crippen molar-refractivity contribution >= 4 is 5.91 Å². The second-order valence-corrected chi connectivity index (χ2v) is 5.46. The molecule has 5 nitrogen and oxygen atoms in total. The summed E-state index contributed by atoms with van der Waals surface area (Å²) in [7, 11) is 1.76. The Morgan fingerprint density at radius 2 is 2.23 bits per heavy atom. The van der Waals surface area contributed by atoms with E-state index in [4.69, 9.17) is 4.74 Å². The molecule has 1 aliphatic heterocycles. The number of benzene rings is 1. The van der Waals surface area contributed by atoms with Crippen molar-refractivity contribution in [2.75, 3.05) is 6.61 Å². The first-order valence-corrected chi connectivity index (χ1v) is 7.30. The summed E-state index contributed by atoms with van der Waals surface area (Å²) in [6, 6.07) is 5.87. The minimum Gasteiger partial charge on any atom is -0.376 e. The largest absolute Gasteiger partial charge is 0.376 e. The van der Waals surface area contributed by atoms with Gasteiger partial charge in [0.25, 0.3) is 5.91 Å². The van der Waals surface area contributed by atoms with Crippen molar-refractivity contribution in [3.63, 3.8) is 0 Å². The average molecular weight is 303 g/mol. The highest BCUT2D eigenvalue weighted by molar-refractivity contribution is 5.94. The van der Waals surface area contributed by atoms with Gasteiger partial charge in [0, 0.05) is 19.9 Å². The number of carbonyl (C=O) groups excluding carboxylic acids is 1. The first kappa shape index (κ1) is 14.7. The van der Waals surface area contributed by atoms with Gasteiger partial charge in [0.1, 0.15) is 5.82 Å². The molecule has 22 heavy (non-hydrogen) atoms. The third-order valence-electron chi connectivity index (χ3n) is 3.82. The van der Waals surface area contributed by atoms with Gasteiger partial charge in [-0.05, 0) is 30.5 Å². The Morgan fingerprint density at radius 1 is 1.45 bits per heavy atom. The Hall–Kier alpha value is -2.21. The fourth-order valence-electron chi connectivity index (χ4n) is 2.69. The van der Waals surface area contributed by atoms with E-state index in [9.17, 15) is 9.18 Å². The highest BCUT2D eigenvalue weighted by Gasteiger charge is 2.29. The number of hydrogen-bond donors (Lipinski definition) is 1. The molecule has 0 radical (unpaired) electrons. The maximum absolute atomic E-state index is 13.1. The topological polar surface area (TPSA) is 56.2 Å². The van der Waals surface area contributed by atoms with Crippen LogP contribution in [-0.4, -0.2) is 28.4 Å². The first-order chi connectivity index (χ1) is 10.6. The van der Waals surface area contributed by atoms with Crippen molar-refractivity contribution in [2.24, 2.45) is 7.05 Å². The summed E-state index contributed by atoms with van der Waals surface area (Å²) < 4.78 is 20.4. The number of halogens is 1. The molecule has 2 atom stereocenters. The van der Waals surface area contributed by atoms with E-state index in [0.717, 1.165) is 18.4 Å². The monoisotopic (exact) mass is 303 g/mol. The highest BCUT2D eigenvalue weighted by atomic mass is 19.1. The van der Waals surface area contributed by atoms with Crippen LogP contribution in [0.3, 0.4) is 0 Å². The summed E-state index contributed by atoms with van der Waals surface area (Å²) in [5, 5.41) is 6.99. The molecule has 3 rings (SSSR count). The molecule has 2 aromatic rings. The highest BCUT2D eigenvalue weighted by Crippen LogP contribution is 2.27. The summed E-state index contributed by atoms with van der Waals surface area (Å²) in [4.78, 5) is 12.4. The molecule has 0 unspecified atom stereocenters. The molecule has 1 aliphatic rings. The Morgan fingerprint density at radius 3 is 2.82 bits per heavy atom. The van der Waals surface area contributed by atoms with Crippen LogP contribution in [0.25, 0.3) is 0 Å². The number of hydrogen-bond acceptors (Lipinski definition) is 3. The number of nitrogens with one attached hydrogen (secondary N) is 1. The van der Waals surface area contributed by atoms with Crippen molar-refractivity contribution in [1.29, 1.82) is 0 Å². The van der Waals surface area contributed by atoms with E-state index in [1.165, 1.54) is 18.3 Å². The first-order valence-electron chi connectivity index (χ1n) is 7.30. The molecule has 1 amide bonds. The fourth-order valence-corrected chi connectivity index (χ4v) is 2.69. The van der Waals surface area contributed by atoms with E-state index in [1.54, 1.807) is 30.1 Å². The van der Waals surface area contributed by atoms with Gasteiger partial charge in [-0.3, -0.25) is 9.48 Å². The lowest BCUT2D eigenvalue weighted by molar-refractivity contribution is 0.0672. The van der Waals surface area contributed by atoms with Crippen molar-refractivity contribution in [3.8, 4) is 0 Å². The molecule has 0 aliphatic carbocycles. The zero-order chi connectivity index (χ0) is 15.5. The van der Waals surface area contributed by atoms with E-state index >= 15 is 0 Å². The van der Waals surface area contributed by atoms with E-state index in [0.29, 0.717) is 12.2 Å². The molecule has 1 fully saturated rings. The molecule has 0 spiro atoms. The molecule has 1 aromatic carbocycles. The number of aromatic nitrogens is 2. The minimum atomic E-state index is -0.298. The predicted octanol–water partition coefficient (Wildman–Crippen LogP) is 2.21. The van der Waals surface area contributed by atoms with Crippen LogP contribution in [-0.2, 0) is 11.8 Å². The Labute approximate surface area is 128 Å². The Balaban J connectivity index is 1.82. The number of ether oxygens (including phenoxy) is 1. The average Bonchev–Trinajstić information content (AvgIpc) is 3.17. The predicted molar refractivity (Wildman–Crippen MR) is 78.8 cm³/mol. The molecule has 1 aromatic heterocycles. The lowest BCUT2D eigenvalue weighted by atomic mass is 9.99. The summed E-state index contributed by atoms with van der Waals surface area (Å²) in [5.41, 5.74) is 1.33. The van der Waals surface area contributed by atoms with Crippen molar-refractivity contribution in [1.82, 2.24) is 15.1 Å². The number of rotatable bonds is 4. The van der Waals surface area contributed by atoms with Crippen LogP contribution in [0.1, 0.15) is 34.8 Å². The Kier molecular flexibility index (Phi) is 4.20.